The van der Waals surface area contributed by atoms with Crippen LogP contribution in [0.25, 0.3) is 16.7 Å². The zero-order valence-electron chi connectivity index (χ0n) is 19.1. The smallest absolute Gasteiger partial charge is 0.224 e. The van der Waals surface area contributed by atoms with Crippen LogP contribution in [0.2, 0.25) is 0 Å². The molecule has 2 aromatic heterocycles. The summed E-state index contributed by atoms with van der Waals surface area (Å²) in [6.07, 6.45) is 8.92. The van der Waals surface area contributed by atoms with Crippen LogP contribution in [0.1, 0.15) is 25.7 Å². The molecule has 3 aromatic rings. The van der Waals surface area contributed by atoms with Crippen LogP contribution in [0.5, 0.6) is 0 Å². The molecule has 0 atom stereocenters. The first-order valence-electron chi connectivity index (χ1n) is 11.8. The number of anilines is 2. The minimum atomic E-state index is -2.91. The number of benzene rings is 1. The van der Waals surface area contributed by atoms with Gasteiger partial charge in [0.15, 0.2) is 0 Å². The Bertz CT molecular complexity index is 1210. The third-order valence-electron chi connectivity index (χ3n) is 6.77. The molecule has 1 saturated carbocycles. The molecule has 176 valence electrons. The summed E-state index contributed by atoms with van der Waals surface area (Å²) in [6, 6.07) is 10.8. The van der Waals surface area contributed by atoms with Gasteiger partial charge in [-0.1, -0.05) is 6.07 Å². The molecule has 5 rings (SSSR count). The van der Waals surface area contributed by atoms with Crippen LogP contribution in [0.4, 0.5) is 11.6 Å². The molecule has 0 spiro atoms. The number of hydrogen-bond acceptors (Lipinski definition) is 7. The lowest BCUT2D eigenvalue weighted by Gasteiger charge is -2.30. The van der Waals surface area contributed by atoms with Crippen LogP contribution in [0.3, 0.4) is 0 Å². The van der Waals surface area contributed by atoms with E-state index in [0.29, 0.717) is 11.7 Å². The van der Waals surface area contributed by atoms with E-state index >= 15 is 0 Å². The summed E-state index contributed by atoms with van der Waals surface area (Å²) in [4.78, 5) is 11.7. The van der Waals surface area contributed by atoms with Crippen molar-refractivity contribution in [2.24, 2.45) is 5.92 Å². The molecule has 0 bridgehead atoms. The Labute approximate surface area is 195 Å². The predicted molar refractivity (Wildman–Crippen MR) is 133 cm³/mol. The fourth-order valence-corrected chi connectivity index (χ4v) is 6.36. The van der Waals surface area contributed by atoms with Gasteiger partial charge in [0.25, 0.3) is 0 Å². The molecule has 2 fully saturated rings. The Morgan fingerprint density at radius 3 is 2.64 bits per heavy atom. The van der Waals surface area contributed by atoms with Gasteiger partial charge in [0.2, 0.25) is 5.95 Å². The Hall–Kier alpha value is -2.65. The van der Waals surface area contributed by atoms with E-state index in [-0.39, 0.29) is 12.0 Å². The van der Waals surface area contributed by atoms with Gasteiger partial charge in [-0.2, -0.15) is 4.98 Å². The van der Waals surface area contributed by atoms with Crippen molar-refractivity contribution in [3.05, 3.63) is 42.7 Å². The second kappa shape index (κ2) is 9.30. The lowest BCUT2D eigenvalue weighted by atomic mass is 9.87. The highest BCUT2D eigenvalue weighted by atomic mass is 32.2. The Morgan fingerprint density at radius 1 is 1.09 bits per heavy atom. The Balaban J connectivity index is 1.32. The van der Waals surface area contributed by atoms with Crippen molar-refractivity contribution >= 4 is 32.4 Å². The molecule has 1 aromatic carbocycles. The second-order valence-corrected chi connectivity index (χ2v) is 11.5. The molecule has 9 heteroatoms. The van der Waals surface area contributed by atoms with Gasteiger partial charge in [-0.3, -0.25) is 0 Å². The highest BCUT2D eigenvalue weighted by Gasteiger charge is 2.24. The van der Waals surface area contributed by atoms with Gasteiger partial charge < -0.3 is 20.1 Å². The van der Waals surface area contributed by atoms with Gasteiger partial charge >= 0.3 is 0 Å². The quantitative estimate of drug-likeness (QED) is 0.575. The fraction of sp³-hybridized carbons (Fsp3) is 0.500. The van der Waals surface area contributed by atoms with E-state index in [0.717, 1.165) is 63.2 Å². The molecule has 1 saturated heterocycles. The maximum atomic E-state index is 11.6. The standard InChI is InChI=1S/C24H32N6O2S/c1-33(31,32)17-18-5-7-19(8-6-18)27-24-26-11-9-23(28-24)30-14-10-20-21(3-2-4-22(20)30)29-15-12-25-13-16-29/h2-4,9-11,14,18-19,25H,5-8,12-13,15-17H2,1H3,(H,26,27,28). The normalized spacial score (nSPS) is 21.9. The van der Waals surface area contributed by atoms with Crippen molar-refractivity contribution in [2.75, 3.05) is 48.4 Å². The van der Waals surface area contributed by atoms with E-state index in [2.05, 4.69) is 55.5 Å². The molecule has 1 aliphatic carbocycles. The highest BCUT2D eigenvalue weighted by molar-refractivity contribution is 7.90. The zero-order chi connectivity index (χ0) is 22.8. The zero-order valence-corrected chi connectivity index (χ0v) is 19.9. The van der Waals surface area contributed by atoms with E-state index < -0.39 is 9.84 Å². The average Bonchev–Trinajstić information content (AvgIpc) is 3.25. The molecule has 0 unspecified atom stereocenters. The number of rotatable bonds is 6. The number of hydrogen-bond donors (Lipinski definition) is 2. The molecule has 0 amide bonds. The van der Waals surface area contributed by atoms with Gasteiger partial charge in [0.1, 0.15) is 15.7 Å². The number of fused-ring (bicyclic) bond motifs is 1. The van der Waals surface area contributed by atoms with Gasteiger partial charge in [-0.05, 0) is 55.9 Å². The largest absolute Gasteiger partial charge is 0.368 e. The lowest BCUT2D eigenvalue weighted by molar-refractivity contribution is 0.361. The number of nitrogens with one attached hydrogen (secondary N) is 2. The van der Waals surface area contributed by atoms with E-state index in [1.165, 1.54) is 17.3 Å². The fourth-order valence-electron chi connectivity index (χ4n) is 5.17. The van der Waals surface area contributed by atoms with Crippen molar-refractivity contribution in [3.8, 4) is 5.82 Å². The van der Waals surface area contributed by atoms with E-state index in [1.807, 2.05) is 6.07 Å². The summed E-state index contributed by atoms with van der Waals surface area (Å²) in [6.45, 7) is 4.04. The monoisotopic (exact) mass is 468 g/mol. The lowest BCUT2D eigenvalue weighted by Crippen LogP contribution is -2.43. The summed E-state index contributed by atoms with van der Waals surface area (Å²) in [5.74, 6) is 2.02. The van der Waals surface area contributed by atoms with Gasteiger partial charge in [-0.15, -0.1) is 0 Å². The molecule has 0 radical (unpaired) electrons. The van der Waals surface area contributed by atoms with E-state index in [1.54, 1.807) is 6.20 Å². The number of sulfone groups is 1. The molecular weight excluding hydrogens is 436 g/mol. The minimum absolute atomic E-state index is 0.265. The maximum Gasteiger partial charge on any atom is 0.224 e. The van der Waals surface area contributed by atoms with Crippen molar-refractivity contribution < 1.29 is 8.42 Å². The van der Waals surface area contributed by atoms with E-state index in [9.17, 15) is 8.42 Å². The van der Waals surface area contributed by atoms with Crippen molar-refractivity contribution in [2.45, 2.75) is 31.7 Å². The third-order valence-corrected chi connectivity index (χ3v) is 7.85. The predicted octanol–water partition coefficient (Wildman–Crippen LogP) is 2.85. The van der Waals surface area contributed by atoms with Crippen LogP contribution >= 0.6 is 0 Å². The van der Waals surface area contributed by atoms with Gasteiger partial charge in [0.05, 0.1) is 11.3 Å². The molecule has 2 aliphatic rings. The van der Waals surface area contributed by atoms with E-state index in [4.69, 9.17) is 4.98 Å². The molecule has 2 N–H and O–H groups in total. The summed E-state index contributed by atoms with van der Waals surface area (Å²) in [5.41, 5.74) is 2.41. The summed E-state index contributed by atoms with van der Waals surface area (Å²) in [7, 11) is -2.91. The molecule has 8 nitrogen and oxygen atoms in total. The molecule has 3 heterocycles. The second-order valence-electron chi connectivity index (χ2n) is 9.33. The van der Waals surface area contributed by atoms with Gasteiger partial charge in [0, 0.05) is 61.9 Å². The van der Waals surface area contributed by atoms with Crippen LogP contribution < -0.4 is 15.5 Å². The van der Waals surface area contributed by atoms with Crippen LogP contribution in [0.15, 0.2) is 42.7 Å². The van der Waals surface area contributed by atoms with Crippen LogP contribution in [0, 0.1) is 5.92 Å². The van der Waals surface area contributed by atoms with Crippen molar-refractivity contribution in [1.82, 2.24) is 19.9 Å². The SMILES string of the molecule is CS(=O)(=O)CC1CCC(Nc2nccc(-n3ccc4c(N5CCNCC5)cccc43)n2)CC1. The Kier molecular flexibility index (Phi) is 6.25. The first-order chi connectivity index (χ1) is 16.0. The van der Waals surface area contributed by atoms with Gasteiger partial charge in [-0.25, -0.2) is 13.4 Å². The summed E-state index contributed by atoms with van der Waals surface area (Å²) in [5, 5.41) is 8.13. The van der Waals surface area contributed by atoms with Crippen molar-refractivity contribution in [3.63, 3.8) is 0 Å². The first-order valence-corrected chi connectivity index (χ1v) is 13.9. The first kappa shape index (κ1) is 22.2. The number of nitrogens with zero attached hydrogens (tertiary/aromatic N) is 4. The average molecular weight is 469 g/mol. The topological polar surface area (TPSA) is 92.2 Å². The summed E-state index contributed by atoms with van der Waals surface area (Å²) < 4.78 is 25.3. The molecular formula is C24H32N6O2S. The molecule has 1 aliphatic heterocycles. The van der Waals surface area contributed by atoms with Crippen molar-refractivity contribution in [1.29, 1.82) is 0 Å². The minimum Gasteiger partial charge on any atom is -0.368 e. The Morgan fingerprint density at radius 2 is 1.88 bits per heavy atom. The summed E-state index contributed by atoms with van der Waals surface area (Å²) >= 11 is 0. The van der Waals surface area contributed by atoms with Crippen LogP contribution in [-0.4, -0.2) is 67.2 Å². The highest BCUT2D eigenvalue weighted by Crippen LogP contribution is 2.30. The van der Waals surface area contributed by atoms with Crippen LogP contribution in [-0.2, 0) is 9.84 Å². The third kappa shape index (κ3) is 5.14. The number of aromatic nitrogens is 3. The number of piperazine rings is 1. The maximum absolute atomic E-state index is 11.6. The molecule has 33 heavy (non-hydrogen) atoms.